The lowest BCUT2D eigenvalue weighted by molar-refractivity contribution is -0.145. The molecule has 0 saturated carbocycles. The fourth-order valence-electron chi connectivity index (χ4n) is 0.791. The van der Waals surface area contributed by atoms with Crippen LogP contribution in [0.1, 0.15) is 19.8 Å². The lowest BCUT2D eigenvalue weighted by Gasteiger charge is -2.04. The zero-order valence-corrected chi connectivity index (χ0v) is 9.02. The summed E-state index contributed by atoms with van der Waals surface area (Å²) in [7, 11) is 0. The minimum absolute atomic E-state index is 0.0989. The molecule has 0 radical (unpaired) electrons. The first-order chi connectivity index (χ1) is 7.60. The maximum absolute atomic E-state index is 11.0. The van der Waals surface area contributed by atoms with Crippen molar-refractivity contribution in [2.24, 2.45) is 0 Å². The van der Waals surface area contributed by atoms with E-state index in [-0.39, 0.29) is 32.7 Å². The SMILES string of the molecule is CCOC(=O)NC(=O)CCC(=O)OCCO. The zero-order chi connectivity index (χ0) is 12.4. The van der Waals surface area contributed by atoms with E-state index in [1.54, 1.807) is 6.92 Å². The van der Waals surface area contributed by atoms with Gasteiger partial charge in [-0.3, -0.25) is 14.9 Å². The van der Waals surface area contributed by atoms with Gasteiger partial charge >= 0.3 is 12.1 Å². The number of carbonyl (C=O) groups is 3. The third kappa shape index (κ3) is 7.74. The van der Waals surface area contributed by atoms with Crippen LogP contribution >= 0.6 is 0 Å². The Morgan fingerprint density at radius 2 is 1.88 bits per heavy atom. The van der Waals surface area contributed by atoms with E-state index in [2.05, 4.69) is 9.47 Å². The molecule has 0 fully saturated rings. The molecule has 0 aliphatic rings. The van der Waals surface area contributed by atoms with Gasteiger partial charge in [0.15, 0.2) is 0 Å². The number of imide groups is 1. The highest BCUT2D eigenvalue weighted by Crippen LogP contribution is 1.93. The number of rotatable bonds is 6. The molecular formula is C9H15NO6. The number of amides is 2. The molecule has 0 saturated heterocycles. The highest BCUT2D eigenvalue weighted by molar-refractivity contribution is 5.93. The van der Waals surface area contributed by atoms with Crippen LogP contribution in [0.4, 0.5) is 4.79 Å². The van der Waals surface area contributed by atoms with Gasteiger partial charge in [0.05, 0.1) is 19.6 Å². The van der Waals surface area contributed by atoms with E-state index in [9.17, 15) is 14.4 Å². The van der Waals surface area contributed by atoms with Crippen LogP contribution in [0.25, 0.3) is 0 Å². The Morgan fingerprint density at radius 3 is 2.44 bits per heavy atom. The fourth-order valence-corrected chi connectivity index (χ4v) is 0.791. The van der Waals surface area contributed by atoms with E-state index >= 15 is 0 Å². The summed E-state index contributed by atoms with van der Waals surface area (Å²) in [5, 5.41) is 10.3. The molecule has 0 atom stereocenters. The van der Waals surface area contributed by atoms with E-state index in [1.165, 1.54) is 0 Å². The second kappa shape index (κ2) is 8.66. The maximum atomic E-state index is 11.0. The van der Waals surface area contributed by atoms with Crippen LogP contribution in [0.2, 0.25) is 0 Å². The summed E-state index contributed by atoms with van der Waals surface area (Å²) < 4.78 is 8.97. The van der Waals surface area contributed by atoms with E-state index in [1.807, 2.05) is 5.32 Å². The molecular weight excluding hydrogens is 218 g/mol. The molecule has 0 aliphatic carbocycles. The molecule has 16 heavy (non-hydrogen) atoms. The second-order valence-corrected chi connectivity index (χ2v) is 2.71. The van der Waals surface area contributed by atoms with Gasteiger partial charge in [0.25, 0.3) is 0 Å². The summed E-state index contributed by atoms with van der Waals surface area (Å²) in [5.41, 5.74) is 0. The van der Waals surface area contributed by atoms with Gasteiger partial charge in [0, 0.05) is 6.42 Å². The van der Waals surface area contributed by atoms with Gasteiger partial charge < -0.3 is 14.6 Å². The quantitative estimate of drug-likeness (QED) is 0.604. The van der Waals surface area contributed by atoms with Crippen molar-refractivity contribution in [3.63, 3.8) is 0 Å². The molecule has 7 nitrogen and oxygen atoms in total. The maximum Gasteiger partial charge on any atom is 0.413 e. The second-order valence-electron chi connectivity index (χ2n) is 2.71. The van der Waals surface area contributed by atoms with Crippen LogP contribution in [-0.2, 0) is 19.1 Å². The zero-order valence-electron chi connectivity index (χ0n) is 9.02. The molecule has 0 aromatic heterocycles. The van der Waals surface area contributed by atoms with Crippen LogP contribution in [0.15, 0.2) is 0 Å². The summed E-state index contributed by atoms with van der Waals surface area (Å²) in [5.74, 6) is -1.22. The van der Waals surface area contributed by atoms with Crippen molar-refractivity contribution < 1.29 is 29.0 Å². The lowest BCUT2D eigenvalue weighted by atomic mass is 10.3. The average Bonchev–Trinajstić information content (AvgIpc) is 2.23. The Bertz CT molecular complexity index is 252. The van der Waals surface area contributed by atoms with Crippen molar-refractivity contribution in [1.82, 2.24) is 5.32 Å². The Labute approximate surface area is 92.7 Å². The monoisotopic (exact) mass is 233 g/mol. The summed E-state index contributed by atoms with van der Waals surface area (Å²) in [6.07, 6.45) is -1.15. The van der Waals surface area contributed by atoms with E-state index < -0.39 is 18.0 Å². The molecule has 7 heteroatoms. The average molecular weight is 233 g/mol. The molecule has 0 aliphatic heterocycles. The molecule has 0 rings (SSSR count). The van der Waals surface area contributed by atoms with Crippen LogP contribution in [0, 0.1) is 0 Å². The molecule has 0 aromatic rings. The van der Waals surface area contributed by atoms with Gasteiger partial charge in [-0.05, 0) is 6.92 Å². The predicted octanol–water partition coefficient (Wildman–Crippen LogP) is -0.425. The Kier molecular flexibility index (Phi) is 7.78. The number of nitrogens with one attached hydrogen (secondary N) is 1. The number of carbonyl (C=O) groups excluding carboxylic acids is 3. The molecule has 2 amide bonds. The number of alkyl carbamates (subject to hydrolysis) is 1. The standard InChI is InChI=1S/C9H15NO6/c1-2-15-9(14)10-7(12)3-4-8(13)16-6-5-11/h11H,2-6H2,1H3,(H,10,12,14). The number of esters is 1. The van der Waals surface area contributed by atoms with Crippen molar-refractivity contribution in [3.8, 4) is 0 Å². The van der Waals surface area contributed by atoms with Gasteiger partial charge in [-0.1, -0.05) is 0 Å². The van der Waals surface area contributed by atoms with Crippen molar-refractivity contribution in [2.75, 3.05) is 19.8 Å². The lowest BCUT2D eigenvalue weighted by Crippen LogP contribution is -2.31. The molecule has 0 aromatic carbocycles. The first kappa shape index (κ1) is 14.4. The molecule has 0 unspecified atom stereocenters. The summed E-state index contributed by atoms with van der Waals surface area (Å²) in [6, 6.07) is 0. The number of aliphatic hydroxyl groups is 1. The number of ether oxygens (including phenoxy) is 2. The Morgan fingerprint density at radius 1 is 1.19 bits per heavy atom. The minimum atomic E-state index is -0.837. The molecule has 2 N–H and O–H groups in total. The van der Waals surface area contributed by atoms with Crippen LogP contribution in [0.3, 0.4) is 0 Å². The Balaban J connectivity index is 3.64. The predicted molar refractivity (Wildman–Crippen MR) is 52.4 cm³/mol. The number of hydrogen-bond donors (Lipinski definition) is 2. The summed E-state index contributed by atoms with van der Waals surface area (Å²) in [4.78, 5) is 32.7. The van der Waals surface area contributed by atoms with Gasteiger partial charge in [-0.2, -0.15) is 0 Å². The third-order valence-electron chi connectivity index (χ3n) is 1.43. The normalized spacial score (nSPS) is 9.38. The third-order valence-corrected chi connectivity index (χ3v) is 1.43. The van der Waals surface area contributed by atoms with Crippen LogP contribution in [-0.4, -0.2) is 42.9 Å². The number of hydrogen-bond acceptors (Lipinski definition) is 6. The highest BCUT2D eigenvalue weighted by atomic mass is 16.5. The first-order valence-electron chi connectivity index (χ1n) is 4.83. The van der Waals surface area contributed by atoms with Gasteiger partial charge in [0.2, 0.25) is 5.91 Å². The molecule has 0 spiro atoms. The van der Waals surface area contributed by atoms with Crippen molar-refractivity contribution in [2.45, 2.75) is 19.8 Å². The van der Waals surface area contributed by atoms with Crippen LogP contribution < -0.4 is 5.32 Å². The summed E-state index contributed by atoms with van der Waals surface area (Å²) in [6.45, 7) is 1.41. The van der Waals surface area contributed by atoms with Gasteiger partial charge in [-0.25, -0.2) is 4.79 Å². The largest absolute Gasteiger partial charge is 0.463 e. The smallest absolute Gasteiger partial charge is 0.413 e. The fraction of sp³-hybridized carbons (Fsp3) is 0.667. The van der Waals surface area contributed by atoms with Crippen molar-refractivity contribution >= 4 is 18.0 Å². The van der Waals surface area contributed by atoms with E-state index in [0.29, 0.717) is 0 Å². The van der Waals surface area contributed by atoms with Crippen molar-refractivity contribution in [1.29, 1.82) is 0 Å². The van der Waals surface area contributed by atoms with Crippen LogP contribution in [0.5, 0.6) is 0 Å². The van der Waals surface area contributed by atoms with E-state index in [4.69, 9.17) is 5.11 Å². The van der Waals surface area contributed by atoms with E-state index in [0.717, 1.165) is 0 Å². The minimum Gasteiger partial charge on any atom is -0.463 e. The van der Waals surface area contributed by atoms with Gasteiger partial charge in [-0.15, -0.1) is 0 Å². The molecule has 0 bridgehead atoms. The highest BCUT2D eigenvalue weighted by Gasteiger charge is 2.11. The first-order valence-corrected chi connectivity index (χ1v) is 4.83. The molecule has 0 heterocycles. The Hall–Kier alpha value is -1.63. The van der Waals surface area contributed by atoms with Gasteiger partial charge in [0.1, 0.15) is 6.61 Å². The molecule has 92 valence electrons. The van der Waals surface area contributed by atoms with Crippen molar-refractivity contribution in [3.05, 3.63) is 0 Å². The topological polar surface area (TPSA) is 102 Å². The number of aliphatic hydroxyl groups excluding tert-OH is 1. The summed E-state index contributed by atoms with van der Waals surface area (Å²) >= 11 is 0.